The molecule has 5 nitrogen and oxygen atoms in total. The second-order valence-corrected chi connectivity index (χ2v) is 5.94. The van der Waals surface area contributed by atoms with Crippen LogP contribution in [-0.2, 0) is 11.0 Å². The van der Waals surface area contributed by atoms with Crippen LogP contribution in [0.4, 0.5) is 13.2 Å². The van der Waals surface area contributed by atoms with Crippen LogP contribution in [0.2, 0.25) is 0 Å². The van der Waals surface area contributed by atoms with Gasteiger partial charge >= 0.3 is 6.18 Å². The van der Waals surface area contributed by atoms with Crippen LogP contribution in [0.3, 0.4) is 0 Å². The maximum Gasteiger partial charge on any atom is 0.416 e. The number of nitrogens with one attached hydrogen (secondary N) is 2. The van der Waals surface area contributed by atoms with E-state index in [0.29, 0.717) is 0 Å². The lowest BCUT2D eigenvalue weighted by molar-refractivity contribution is -0.137. The molecule has 1 saturated carbocycles. The Morgan fingerprint density at radius 2 is 1.80 bits per heavy atom. The number of carbonyl (C=O) groups excluding carboxylic acids is 2. The van der Waals surface area contributed by atoms with Crippen LogP contribution >= 0.6 is 12.4 Å². The number of alkyl halides is 3. The van der Waals surface area contributed by atoms with Crippen molar-refractivity contribution in [2.75, 3.05) is 6.54 Å². The summed E-state index contributed by atoms with van der Waals surface area (Å²) in [6, 6.07) is 4.27. The number of halogens is 4. The van der Waals surface area contributed by atoms with E-state index in [1.807, 2.05) is 0 Å². The molecule has 0 aliphatic heterocycles. The van der Waals surface area contributed by atoms with Crippen molar-refractivity contribution >= 4 is 24.2 Å². The van der Waals surface area contributed by atoms with Crippen molar-refractivity contribution < 1.29 is 22.8 Å². The van der Waals surface area contributed by atoms with Crippen molar-refractivity contribution in [1.82, 2.24) is 10.6 Å². The van der Waals surface area contributed by atoms with Crippen molar-refractivity contribution in [3.63, 3.8) is 0 Å². The highest BCUT2D eigenvalue weighted by molar-refractivity contribution is 5.96. The molecule has 1 aliphatic carbocycles. The smallest absolute Gasteiger partial charge is 0.352 e. The summed E-state index contributed by atoms with van der Waals surface area (Å²) < 4.78 is 37.9. The van der Waals surface area contributed by atoms with E-state index in [4.69, 9.17) is 5.73 Å². The fraction of sp³-hybridized carbons (Fsp3) is 0.500. The van der Waals surface area contributed by atoms with Gasteiger partial charge in [0.15, 0.2) is 0 Å². The van der Waals surface area contributed by atoms with Crippen LogP contribution in [0, 0.1) is 0 Å². The predicted octanol–water partition coefficient (Wildman–Crippen LogP) is 2.24. The predicted molar refractivity (Wildman–Crippen MR) is 89.4 cm³/mol. The van der Waals surface area contributed by atoms with Crippen molar-refractivity contribution in [2.24, 2.45) is 5.73 Å². The molecule has 1 fully saturated rings. The van der Waals surface area contributed by atoms with Crippen LogP contribution in [0.15, 0.2) is 24.3 Å². The van der Waals surface area contributed by atoms with E-state index in [1.165, 1.54) is 6.07 Å². The molecule has 4 N–H and O–H groups in total. The van der Waals surface area contributed by atoms with Crippen molar-refractivity contribution in [3.8, 4) is 0 Å². The number of hydrogen-bond donors (Lipinski definition) is 3. The lowest BCUT2D eigenvalue weighted by Crippen LogP contribution is -2.44. The molecular weight excluding hydrogens is 359 g/mol. The van der Waals surface area contributed by atoms with E-state index in [-0.39, 0.29) is 42.5 Å². The molecule has 2 rings (SSSR count). The summed E-state index contributed by atoms with van der Waals surface area (Å²) in [5, 5.41) is 5.13. The summed E-state index contributed by atoms with van der Waals surface area (Å²) in [5.74, 6) is -1.09. The zero-order valence-corrected chi connectivity index (χ0v) is 14.3. The summed E-state index contributed by atoms with van der Waals surface area (Å²) in [6.07, 6.45) is -1.28. The third kappa shape index (κ3) is 6.55. The van der Waals surface area contributed by atoms with Gasteiger partial charge in [0.25, 0.3) is 5.91 Å². The minimum Gasteiger partial charge on any atom is -0.352 e. The third-order valence-electron chi connectivity index (χ3n) is 4.00. The molecule has 0 bridgehead atoms. The highest BCUT2D eigenvalue weighted by Gasteiger charge is 2.31. The van der Waals surface area contributed by atoms with Crippen LogP contribution in [0.25, 0.3) is 0 Å². The largest absolute Gasteiger partial charge is 0.416 e. The van der Waals surface area contributed by atoms with Gasteiger partial charge in [-0.2, -0.15) is 13.2 Å². The Kier molecular flexibility index (Phi) is 7.69. The first-order valence-electron chi connectivity index (χ1n) is 7.76. The molecular formula is C16H21ClF3N3O2. The molecule has 0 spiro atoms. The van der Waals surface area contributed by atoms with Gasteiger partial charge in [-0.25, -0.2) is 0 Å². The first-order chi connectivity index (χ1) is 11.3. The SMILES string of the molecule is Cl.NC1CCC(NC(=O)CNC(=O)c2cccc(C(F)(F)F)c2)CC1. The topological polar surface area (TPSA) is 84.2 Å². The Labute approximate surface area is 149 Å². The second-order valence-electron chi connectivity index (χ2n) is 5.94. The zero-order chi connectivity index (χ0) is 17.7. The highest BCUT2D eigenvalue weighted by Crippen LogP contribution is 2.29. The molecule has 0 atom stereocenters. The minimum absolute atomic E-state index is 0. The Bertz CT molecular complexity index is 603. The molecule has 0 radical (unpaired) electrons. The lowest BCUT2D eigenvalue weighted by Gasteiger charge is -2.26. The van der Waals surface area contributed by atoms with Crippen LogP contribution < -0.4 is 16.4 Å². The van der Waals surface area contributed by atoms with Crippen molar-refractivity contribution in [2.45, 2.75) is 43.9 Å². The number of nitrogens with two attached hydrogens (primary N) is 1. The van der Waals surface area contributed by atoms with E-state index in [0.717, 1.165) is 43.9 Å². The molecule has 2 amide bonds. The molecule has 140 valence electrons. The molecule has 1 aromatic carbocycles. The maximum atomic E-state index is 12.6. The molecule has 1 aromatic rings. The summed E-state index contributed by atoms with van der Waals surface area (Å²) in [5.41, 5.74) is 4.74. The number of amides is 2. The Hall–Kier alpha value is -1.80. The van der Waals surface area contributed by atoms with Crippen molar-refractivity contribution in [1.29, 1.82) is 0 Å². The van der Waals surface area contributed by atoms with Gasteiger partial charge in [0.2, 0.25) is 5.91 Å². The van der Waals surface area contributed by atoms with E-state index >= 15 is 0 Å². The molecule has 1 aliphatic rings. The van der Waals surface area contributed by atoms with Crippen LogP contribution in [-0.4, -0.2) is 30.4 Å². The number of hydrogen-bond acceptors (Lipinski definition) is 3. The van der Waals surface area contributed by atoms with Gasteiger partial charge in [0.1, 0.15) is 0 Å². The summed E-state index contributed by atoms with van der Waals surface area (Å²) in [7, 11) is 0. The third-order valence-corrected chi connectivity index (χ3v) is 4.00. The van der Waals surface area contributed by atoms with E-state index < -0.39 is 17.6 Å². The first-order valence-corrected chi connectivity index (χ1v) is 7.76. The van der Waals surface area contributed by atoms with Gasteiger partial charge in [0, 0.05) is 17.6 Å². The summed E-state index contributed by atoms with van der Waals surface area (Å²) in [6.45, 7) is -0.280. The number of benzene rings is 1. The number of carbonyl (C=O) groups is 2. The first kappa shape index (κ1) is 21.2. The van der Waals surface area contributed by atoms with Gasteiger partial charge in [-0.3, -0.25) is 9.59 Å². The van der Waals surface area contributed by atoms with Crippen molar-refractivity contribution in [3.05, 3.63) is 35.4 Å². The zero-order valence-electron chi connectivity index (χ0n) is 13.4. The van der Waals surface area contributed by atoms with E-state index in [2.05, 4.69) is 10.6 Å². The molecule has 25 heavy (non-hydrogen) atoms. The van der Waals surface area contributed by atoms with Gasteiger partial charge in [-0.05, 0) is 43.9 Å². The molecule has 0 aromatic heterocycles. The van der Waals surface area contributed by atoms with Crippen LogP contribution in [0.5, 0.6) is 0 Å². The lowest BCUT2D eigenvalue weighted by atomic mass is 9.92. The van der Waals surface area contributed by atoms with Gasteiger partial charge in [-0.15, -0.1) is 12.4 Å². The number of rotatable bonds is 4. The normalized spacial score (nSPS) is 20.3. The Morgan fingerprint density at radius 1 is 1.16 bits per heavy atom. The highest BCUT2D eigenvalue weighted by atomic mass is 35.5. The quantitative estimate of drug-likeness (QED) is 0.750. The van der Waals surface area contributed by atoms with E-state index in [1.54, 1.807) is 0 Å². The molecule has 9 heteroatoms. The summed E-state index contributed by atoms with van der Waals surface area (Å²) >= 11 is 0. The maximum absolute atomic E-state index is 12.6. The fourth-order valence-electron chi connectivity index (χ4n) is 2.64. The van der Waals surface area contributed by atoms with E-state index in [9.17, 15) is 22.8 Å². The summed E-state index contributed by atoms with van der Waals surface area (Å²) in [4.78, 5) is 23.7. The second kappa shape index (κ2) is 9.05. The molecule has 0 heterocycles. The van der Waals surface area contributed by atoms with Crippen LogP contribution in [0.1, 0.15) is 41.6 Å². The average molecular weight is 380 g/mol. The molecule has 0 unspecified atom stereocenters. The molecule has 0 saturated heterocycles. The standard InChI is InChI=1S/C16H20F3N3O2.ClH/c17-16(18,19)11-3-1-2-10(8-11)15(24)21-9-14(23)22-13-6-4-12(20)5-7-13;/h1-3,8,12-13H,4-7,9,20H2,(H,21,24)(H,22,23);1H. The fourth-order valence-corrected chi connectivity index (χ4v) is 2.64. The Balaban J connectivity index is 0.00000312. The minimum atomic E-state index is -4.52. The van der Waals surface area contributed by atoms with Gasteiger partial charge in [-0.1, -0.05) is 6.07 Å². The average Bonchev–Trinajstić information content (AvgIpc) is 2.54. The van der Waals surface area contributed by atoms with Gasteiger partial charge in [0.05, 0.1) is 12.1 Å². The monoisotopic (exact) mass is 379 g/mol. The van der Waals surface area contributed by atoms with Gasteiger partial charge < -0.3 is 16.4 Å². The Morgan fingerprint density at radius 3 is 2.40 bits per heavy atom.